The summed E-state index contributed by atoms with van der Waals surface area (Å²) in [5.41, 5.74) is 0. The van der Waals surface area contributed by atoms with E-state index < -0.39 is 0 Å². The highest BCUT2D eigenvalue weighted by Gasteiger charge is 2.36. The minimum Gasteiger partial charge on any atom is -0.317 e. The molecule has 2 saturated heterocycles. The van der Waals surface area contributed by atoms with Gasteiger partial charge < -0.3 is 5.32 Å². The number of piperidine rings is 1. The summed E-state index contributed by atoms with van der Waals surface area (Å²) in [5, 5.41) is 5.91. The van der Waals surface area contributed by atoms with Crippen molar-refractivity contribution in [2.24, 2.45) is 0 Å². The van der Waals surface area contributed by atoms with Gasteiger partial charge in [0.05, 0.1) is 15.9 Å². The normalized spacial score (nSPS) is 25.8. The molecule has 2 aliphatic heterocycles. The molecule has 0 saturated carbocycles. The summed E-state index contributed by atoms with van der Waals surface area (Å²) in [7, 11) is 0. The Labute approximate surface area is 122 Å². The van der Waals surface area contributed by atoms with E-state index in [-0.39, 0.29) is 11.8 Å². The van der Waals surface area contributed by atoms with Crippen LogP contribution in [0.2, 0.25) is 5.02 Å². The third-order valence-electron chi connectivity index (χ3n) is 4.22. The Kier molecular flexibility index (Phi) is 4.22. The molecule has 0 amide bonds. The van der Waals surface area contributed by atoms with Crippen molar-refractivity contribution in [1.29, 1.82) is 0 Å². The highest BCUT2D eigenvalue weighted by atomic mass is 35.5. The van der Waals surface area contributed by atoms with E-state index in [1.807, 2.05) is 11.4 Å². The smallest absolute Gasteiger partial charge is 0.191 e. The lowest BCUT2D eigenvalue weighted by Gasteiger charge is -2.35. The van der Waals surface area contributed by atoms with Crippen LogP contribution in [0.15, 0.2) is 11.4 Å². The minimum atomic E-state index is 0.0549. The van der Waals surface area contributed by atoms with Crippen LogP contribution in [0.1, 0.15) is 35.4 Å². The van der Waals surface area contributed by atoms with Gasteiger partial charge in [0.1, 0.15) is 0 Å². The van der Waals surface area contributed by atoms with Crippen molar-refractivity contribution in [3.05, 3.63) is 21.3 Å². The fraction of sp³-hybridized carbons (Fsp3) is 0.643. The fourth-order valence-electron chi connectivity index (χ4n) is 3.27. The highest BCUT2D eigenvalue weighted by Crippen LogP contribution is 2.31. The second-order valence-electron chi connectivity index (χ2n) is 5.34. The Bertz CT molecular complexity index is 456. The number of nitrogens with zero attached hydrogens (tertiary/aromatic N) is 1. The lowest BCUT2D eigenvalue weighted by molar-refractivity contribution is 0.0788. The Hall–Kier alpha value is -0.420. The molecule has 19 heavy (non-hydrogen) atoms. The topological polar surface area (TPSA) is 32.3 Å². The predicted octanol–water partition coefficient (Wildman–Crippen LogP) is 2.80. The van der Waals surface area contributed by atoms with Crippen molar-refractivity contribution < 1.29 is 4.79 Å². The van der Waals surface area contributed by atoms with Gasteiger partial charge in [0.25, 0.3) is 0 Å². The molecular weight excluding hydrogens is 280 g/mol. The van der Waals surface area contributed by atoms with E-state index in [1.165, 1.54) is 11.3 Å². The third kappa shape index (κ3) is 2.72. The molecule has 0 aliphatic carbocycles. The van der Waals surface area contributed by atoms with Gasteiger partial charge in [-0.05, 0) is 56.8 Å². The molecule has 2 aliphatic rings. The highest BCUT2D eigenvalue weighted by molar-refractivity contribution is 7.12. The predicted molar refractivity (Wildman–Crippen MR) is 79.3 cm³/mol. The van der Waals surface area contributed by atoms with Crippen molar-refractivity contribution in [3.8, 4) is 0 Å². The molecule has 1 unspecified atom stereocenters. The molecule has 1 aromatic heterocycles. The number of thiophene rings is 1. The number of halogens is 1. The van der Waals surface area contributed by atoms with E-state index in [4.69, 9.17) is 11.6 Å². The molecular formula is C14H19ClN2OS. The van der Waals surface area contributed by atoms with E-state index >= 15 is 0 Å². The molecule has 2 fully saturated rings. The first-order valence-corrected chi connectivity index (χ1v) is 8.27. The largest absolute Gasteiger partial charge is 0.317 e. The average Bonchev–Trinajstić information content (AvgIpc) is 3.07. The van der Waals surface area contributed by atoms with Gasteiger partial charge in [-0.15, -0.1) is 11.3 Å². The number of nitrogens with one attached hydrogen (secondary N) is 1. The Morgan fingerprint density at radius 1 is 1.37 bits per heavy atom. The Morgan fingerprint density at radius 2 is 2.16 bits per heavy atom. The van der Waals surface area contributed by atoms with Crippen LogP contribution >= 0.6 is 22.9 Å². The van der Waals surface area contributed by atoms with Crippen molar-refractivity contribution in [3.63, 3.8) is 0 Å². The lowest BCUT2D eigenvalue weighted by Crippen LogP contribution is -2.47. The number of likely N-dealkylation sites (tertiary alicyclic amines) is 1. The molecule has 0 spiro atoms. The number of Topliss-reactive ketones (excluding diaryl/α,β-unsaturated/α-hetero) is 1. The third-order valence-corrected chi connectivity index (χ3v) is 5.57. The van der Waals surface area contributed by atoms with Gasteiger partial charge in [-0.1, -0.05) is 11.6 Å². The van der Waals surface area contributed by atoms with E-state index in [0.29, 0.717) is 11.1 Å². The van der Waals surface area contributed by atoms with E-state index in [2.05, 4.69) is 10.2 Å². The zero-order valence-corrected chi connectivity index (χ0v) is 12.5. The number of hydrogen-bond donors (Lipinski definition) is 1. The summed E-state index contributed by atoms with van der Waals surface area (Å²) in [6.45, 7) is 3.20. The zero-order valence-electron chi connectivity index (χ0n) is 10.9. The minimum absolute atomic E-state index is 0.0549. The van der Waals surface area contributed by atoms with Crippen molar-refractivity contribution in [2.75, 3.05) is 19.6 Å². The maximum Gasteiger partial charge on any atom is 0.191 e. The Balaban J connectivity index is 1.75. The van der Waals surface area contributed by atoms with Gasteiger partial charge in [0, 0.05) is 6.04 Å². The maximum atomic E-state index is 12.7. The molecule has 3 rings (SSSR count). The number of rotatable bonds is 3. The summed E-state index contributed by atoms with van der Waals surface area (Å²) in [5.74, 6) is 0.232. The van der Waals surface area contributed by atoms with Crippen molar-refractivity contribution in [1.82, 2.24) is 10.2 Å². The molecule has 0 aromatic carbocycles. The number of carbonyl (C=O) groups is 1. The first-order chi connectivity index (χ1) is 9.27. The quantitative estimate of drug-likeness (QED) is 0.871. The second kappa shape index (κ2) is 5.92. The number of ketones is 1. The summed E-state index contributed by atoms with van der Waals surface area (Å²) in [6.07, 6.45) is 4.42. The van der Waals surface area contributed by atoms with Gasteiger partial charge in [-0.3, -0.25) is 9.69 Å². The zero-order chi connectivity index (χ0) is 13.2. The first-order valence-electron chi connectivity index (χ1n) is 7.01. The summed E-state index contributed by atoms with van der Waals surface area (Å²) in [4.78, 5) is 15.8. The second-order valence-corrected chi connectivity index (χ2v) is 6.66. The van der Waals surface area contributed by atoms with Crippen LogP contribution in [0.25, 0.3) is 0 Å². The Morgan fingerprint density at radius 3 is 2.84 bits per heavy atom. The van der Waals surface area contributed by atoms with Crippen LogP contribution in [0, 0.1) is 0 Å². The van der Waals surface area contributed by atoms with Crippen LogP contribution in [0.3, 0.4) is 0 Å². The van der Waals surface area contributed by atoms with Gasteiger partial charge in [0.2, 0.25) is 0 Å². The van der Waals surface area contributed by atoms with Crippen molar-refractivity contribution >= 4 is 28.7 Å². The average molecular weight is 299 g/mol. The van der Waals surface area contributed by atoms with Crippen LogP contribution < -0.4 is 5.32 Å². The molecule has 1 aromatic rings. The van der Waals surface area contributed by atoms with E-state index in [0.717, 1.165) is 50.2 Å². The molecule has 0 radical (unpaired) electrons. The molecule has 3 nitrogen and oxygen atoms in total. The molecule has 104 valence electrons. The molecule has 1 atom stereocenters. The first kappa shape index (κ1) is 13.6. The van der Waals surface area contributed by atoms with Gasteiger partial charge >= 0.3 is 0 Å². The van der Waals surface area contributed by atoms with E-state index in [1.54, 1.807) is 0 Å². The van der Waals surface area contributed by atoms with Crippen LogP contribution in [-0.4, -0.2) is 42.4 Å². The van der Waals surface area contributed by atoms with Crippen LogP contribution in [0.5, 0.6) is 0 Å². The van der Waals surface area contributed by atoms with Crippen LogP contribution in [0.4, 0.5) is 0 Å². The number of hydrogen-bond acceptors (Lipinski definition) is 4. The monoisotopic (exact) mass is 298 g/mol. The summed E-state index contributed by atoms with van der Waals surface area (Å²) in [6, 6.07) is 2.44. The maximum absolute atomic E-state index is 12.7. The van der Waals surface area contributed by atoms with Crippen LogP contribution in [-0.2, 0) is 0 Å². The summed E-state index contributed by atoms with van der Waals surface area (Å²) < 4.78 is 0. The standard InChI is InChI=1S/C14H19ClN2OS/c15-11-5-9-19-14(11)13(18)12-2-1-8-17(12)10-3-6-16-7-4-10/h5,9-10,12,16H,1-4,6-8H2. The fourth-order valence-corrected chi connectivity index (χ4v) is 4.40. The van der Waals surface area contributed by atoms with Gasteiger partial charge in [0.15, 0.2) is 5.78 Å². The molecule has 5 heteroatoms. The van der Waals surface area contributed by atoms with Gasteiger partial charge in [-0.25, -0.2) is 0 Å². The molecule has 0 bridgehead atoms. The molecule has 3 heterocycles. The molecule has 1 N–H and O–H groups in total. The lowest BCUT2D eigenvalue weighted by atomic mass is 10.0. The number of carbonyl (C=O) groups excluding carboxylic acids is 1. The SMILES string of the molecule is O=C(c1sccc1Cl)C1CCCN1C1CCNCC1. The van der Waals surface area contributed by atoms with E-state index in [9.17, 15) is 4.79 Å². The van der Waals surface area contributed by atoms with Gasteiger partial charge in [-0.2, -0.15) is 0 Å². The van der Waals surface area contributed by atoms with Crippen molar-refractivity contribution in [2.45, 2.75) is 37.8 Å². The summed E-state index contributed by atoms with van der Waals surface area (Å²) >= 11 is 7.58.